The fraction of sp³-hybridized carbons (Fsp3) is 0.231. The fourth-order valence-corrected chi connectivity index (χ4v) is 1.48. The zero-order valence-corrected chi connectivity index (χ0v) is 11.0. The second kappa shape index (κ2) is 6.33. The summed E-state index contributed by atoms with van der Waals surface area (Å²) in [6.07, 6.45) is -3.87. The standard InChI is InChI=1S/C13H14F3N3O/c1-8(7-12(17)13(14,15)16)18-10-3-5-11(6-4-10)19-9(2)20/h3-7,17-18H,1-2H3,(H,19,20)/p+1/b8-7-,17-12?. The van der Waals surface area contributed by atoms with Crippen LogP contribution in [0.25, 0.3) is 0 Å². The van der Waals surface area contributed by atoms with Gasteiger partial charge in [0.2, 0.25) is 5.91 Å². The van der Waals surface area contributed by atoms with E-state index in [0.717, 1.165) is 6.08 Å². The quantitative estimate of drug-likeness (QED) is 0.577. The number of hydrogen-bond donors (Lipinski definition) is 3. The Kier molecular flexibility index (Phi) is 5.04. The van der Waals surface area contributed by atoms with Gasteiger partial charge in [-0.1, -0.05) is 0 Å². The van der Waals surface area contributed by atoms with Crippen molar-refractivity contribution in [2.24, 2.45) is 0 Å². The van der Waals surface area contributed by atoms with Gasteiger partial charge in [0, 0.05) is 37.7 Å². The smallest absolute Gasteiger partial charge is 0.326 e. The SMILES string of the molecule is CC(=O)Nc1ccc([NH2+]/C(C)=C\C(=N)C(F)(F)F)cc1. The van der Waals surface area contributed by atoms with E-state index in [4.69, 9.17) is 5.41 Å². The molecule has 0 unspecified atom stereocenters. The highest BCUT2D eigenvalue weighted by Gasteiger charge is 2.33. The molecule has 0 radical (unpaired) electrons. The third kappa shape index (κ3) is 5.23. The summed E-state index contributed by atoms with van der Waals surface area (Å²) in [5.41, 5.74) is 0.225. The molecular weight excluding hydrogens is 271 g/mol. The minimum absolute atomic E-state index is 0.198. The van der Waals surface area contributed by atoms with Crippen molar-refractivity contribution < 1.29 is 23.3 Å². The first kappa shape index (κ1) is 15.9. The number of nitrogens with two attached hydrogens (primary N) is 1. The Balaban J connectivity index is 2.71. The lowest BCUT2D eigenvalue weighted by Gasteiger charge is -2.06. The number of carbonyl (C=O) groups is 1. The molecule has 0 saturated carbocycles. The molecule has 7 heteroatoms. The largest absolute Gasteiger partial charge is 0.432 e. The van der Waals surface area contributed by atoms with Crippen molar-refractivity contribution in [1.29, 1.82) is 5.41 Å². The molecule has 0 spiro atoms. The number of quaternary nitrogens is 1. The Labute approximate surface area is 114 Å². The highest BCUT2D eigenvalue weighted by Crippen LogP contribution is 2.17. The summed E-state index contributed by atoms with van der Waals surface area (Å²) in [5.74, 6) is -0.198. The first-order valence-corrected chi connectivity index (χ1v) is 5.75. The van der Waals surface area contributed by atoms with Gasteiger partial charge in [-0.15, -0.1) is 0 Å². The van der Waals surface area contributed by atoms with Gasteiger partial charge in [-0.05, 0) is 12.1 Å². The molecular formula is C13H15F3N3O+. The number of allylic oxidation sites excluding steroid dienone is 2. The normalized spacial score (nSPS) is 12.2. The zero-order chi connectivity index (χ0) is 15.3. The number of anilines is 1. The molecule has 0 atom stereocenters. The second-order valence-corrected chi connectivity index (χ2v) is 4.25. The number of alkyl halides is 3. The van der Waals surface area contributed by atoms with Crippen LogP contribution in [0.2, 0.25) is 0 Å². The maximum Gasteiger partial charge on any atom is 0.432 e. The van der Waals surface area contributed by atoms with Gasteiger partial charge in [0.05, 0.1) is 0 Å². The lowest BCUT2D eigenvalue weighted by molar-refractivity contribution is -0.517. The van der Waals surface area contributed by atoms with E-state index >= 15 is 0 Å². The van der Waals surface area contributed by atoms with Crippen LogP contribution < -0.4 is 10.6 Å². The molecule has 108 valence electrons. The minimum atomic E-state index is -4.63. The lowest BCUT2D eigenvalue weighted by atomic mass is 10.2. The van der Waals surface area contributed by atoms with Crippen molar-refractivity contribution in [3.05, 3.63) is 36.0 Å². The molecule has 4 nitrogen and oxygen atoms in total. The molecule has 0 aromatic heterocycles. The van der Waals surface area contributed by atoms with Crippen LogP contribution >= 0.6 is 0 Å². The highest BCUT2D eigenvalue weighted by atomic mass is 19.4. The van der Waals surface area contributed by atoms with Gasteiger partial charge in [0.15, 0.2) is 0 Å². The summed E-state index contributed by atoms with van der Waals surface area (Å²) in [5, 5.41) is 11.0. The summed E-state index contributed by atoms with van der Waals surface area (Å²) < 4.78 is 36.6. The van der Waals surface area contributed by atoms with E-state index in [1.165, 1.54) is 19.2 Å². The molecule has 0 bridgehead atoms. The lowest BCUT2D eigenvalue weighted by Crippen LogP contribution is -2.75. The number of benzene rings is 1. The second-order valence-electron chi connectivity index (χ2n) is 4.25. The van der Waals surface area contributed by atoms with Crippen molar-refractivity contribution in [3.63, 3.8) is 0 Å². The third-order valence-electron chi connectivity index (χ3n) is 2.30. The highest BCUT2D eigenvalue weighted by molar-refractivity contribution is 5.97. The van der Waals surface area contributed by atoms with Crippen LogP contribution in [0, 0.1) is 5.41 Å². The summed E-state index contributed by atoms with van der Waals surface area (Å²) in [6, 6.07) is 6.63. The summed E-state index contributed by atoms with van der Waals surface area (Å²) in [6.45, 7) is 2.87. The van der Waals surface area contributed by atoms with E-state index in [-0.39, 0.29) is 5.91 Å². The number of halogens is 3. The molecule has 0 aliphatic carbocycles. The molecule has 1 aromatic rings. The number of rotatable bonds is 4. The van der Waals surface area contributed by atoms with Gasteiger partial charge >= 0.3 is 6.18 Å². The molecule has 1 amide bonds. The van der Waals surface area contributed by atoms with Crippen LogP contribution in [-0.4, -0.2) is 17.8 Å². The number of nitrogens with one attached hydrogen (secondary N) is 2. The van der Waals surface area contributed by atoms with Gasteiger partial charge in [-0.25, -0.2) is 0 Å². The van der Waals surface area contributed by atoms with Crippen LogP contribution in [0.3, 0.4) is 0 Å². The molecule has 0 aliphatic rings. The predicted molar refractivity (Wildman–Crippen MR) is 69.9 cm³/mol. The Morgan fingerprint density at radius 2 is 1.80 bits per heavy atom. The number of hydrogen-bond acceptors (Lipinski definition) is 2. The van der Waals surface area contributed by atoms with Gasteiger partial charge < -0.3 is 5.32 Å². The van der Waals surface area contributed by atoms with E-state index in [9.17, 15) is 18.0 Å². The molecule has 1 aromatic carbocycles. The Bertz CT molecular complexity index is 533. The number of carbonyl (C=O) groups excluding carboxylic acids is 1. The van der Waals surface area contributed by atoms with Crippen molar-refractivity contribution >= 4 is 23.0 Å². The van der Waals surface area contributed by atoms with E-state index in [0.29, 0.717) is 17.1 Å². The molecule has 0 saturated heterocycles. The molecule has 0 heterocycles. The van der Waals surface area contributed by atoms with Crippen LogP contribution in [-0.2, 0) is 4.79 Å². The summed E-state index contributed by atoms with van der Waals surface area (Å²) >= 11 is 0. The van der Waals surface area contributed by atoms with Crippen molar-refractivity contribution in [3.8, 4) is 0 Å². The number of amides is 1. The molecule has 1 rings (SSSR count). The van der Waals surface area contributed by atoms with E-state index in [1.807, 2.05) is 0 Å². The Hall–Kier alpha value is -2.15. The van der Waals surface area contributed by atoms with Crippen LogP contribution in [0.15, 0.2) is 36.0 Å². The predicted octanol–water partition coefficient (Wildman–Crippen LogP) is 2.33. The average Bonchev–Trinajstić information content (AvgIpc) is 2.29. The maximum atomic E-state index is 12.2. The minimum Gasteiger partial charge on any atom is -0.326 e. The summed E-state index contributed by atoms with van der Waals surface area (Å²) in [4.78, 5) is 10.8. The van der Waals surface area contributed by atoms with Gasteiger partial charge in [-0.2, -0.15) is 13.2 Å². The molecule has 20 heavy (non-hydrogen) atoms. The average molecular weight is 286 g/mol. The van der Waals surface area contributed by atoms with Gasteiger partial charge in [-0.3, -0.25) is 15.5 Å². The maximum absolute atomic E-state index is 12.2. The monoisotopic (exact) mass is 286 g/mol. The first-order valence-electron chi connectivity index (χ1n) is 5.75. The topological polar surface area (TPSA) is 69.6 Å². The van der Waals surface area contributed by atoms with Crippen molar-refractivity contribution in [1.82, 2.24) is 0 Å². The summed E-state index contributed by atoms with van der Waals surface area (Å²) in [7, 11) is 0. The van der Waals surface area contributed by atoms with Gasteiger partial charge in [0.25, 0.3) is 0 Å². The van der Waals surface area contributed by atoms with E-state index < -0.39 is 11.9 Å². The first-order chi connectivity index (χ1) is 9.18. The molecule has 0 fully saturated rings. The fourth-order valence-electron chi connectivity index (χ4n) is 1.48. The van der Waals surface area contributed by atoms with Crippen LogP contribution in [0.4, 0.5) is 24.5 Å². The van der Waals surface area contributed by atoms with Crippen LogP contribution in [0.1, 0.15) is 13.8 Å². The Morgan fingerprint density at radius 1 is 1.25 bits per heavy atom. The molecule has 4 N–H and O–H groups in total. The Morgan fingerprint density at radius 3 is 2.25 bits per heavy atom. The zero-order valence-electron chi connectivity index (χ0n) is 11.0. The van der Waals surface area contributed by atoms with Crippen LogP contribution in [0.5, 0.6) is 0 Å². The molecule has 0 aliphatic heterocycles. The third-order valence-corrected chi connectivity index (χ3v) is 2.30. The van der Waals surface area contributed by atoms with E-state index in [1.54, 1.807) is 24.3 Å². The van der Waals surface area contributed by atoms with Crippen molar-refractivity contribution in [2.75, 3.05) is 5.32 Å². The van der Waals surface area contributed by atoms with Gasteiger partial charge in [0.1, 0.15) is 17.1 Å². The van der Waals surface area contributed by atoms with E-state index in [2.05, 4.69) is 5.32 Å². The van der Waals surface area contributed by atoms with Crippen molar-refractivity contribution in [2.45, 2.75) is 20.0 Å².